The standard InChI is InChI=1S/C15H13FINO2/c16-11-3-6-13(14(17)9-11)15(20)18-12-4-1-10(2-5-12)7-8-19/h1-6,9,19H,7-8H2,(H,18,20). The molecule has 0 radical (unpaired) electrons. The maximum absolute atomic E-state index is 13.0. The Morgan fingerprint density at radius 3 is 2.50 bits per heavy atom. The van der Waals surface area contributed by atoms with Crippen LogP contribution in [0.25, 0.3) is 0 Å². The first-order valence-electron chi connectivity index (χ1n) is 6.06. The van der Waals surface area contributed by atoms with Crippen molar-refractivity contribution < 1.29 is 14.3 Å². The summed E-state index contributed by atoms with van der Waals surface area (Å²) < 4.78 is 13.6. The van der Waals surface area contributed by atoms with E-state index in [4.69, 9.17) is 5.11 Å². The highest BCUT2D eigenvalue weighted by Crippen LogP contribution is 2.17. The molecule has 0 aliphatic carbocycles. The molecule has 20 heavy (non-hydrogen) atoms. The molecule has 0 spiro atoms. The number of nitrogens with one attached hydrogen (secondary N) is 1. The zero-order valence-electron chi connectivity index (χ0n) is 10.6. The van der Waals surface area contributed by atoms with Gasteiger partial charge >= 0.3 is 0 Å². The Morgan fingerprint density at radius 1 is 1.20 bits per heavy atom. The molecule has 0 saturated heterocycles. The summed E-state index contributed by atoms with van der Waals surface area (Å²) in [5.41, 5.74) is 2.10. The van der Waals surface area contributed by atoms with Crippen LogP contribution >= 0.6 is 22.6 Å². The Labute approximate surface area is 130 Å². The summed E-state index contributed by atoms with van der Waals surface area (Å²) in [6.45, 7) is 0.0967. The van der Waals surface area contributed by atoms with Crippen LogP contribution in [0.1, 0.15) is 15.9 Å². The summed E-state index contributed by atoms with van der Waals surface area (Å²) in [5.74, 6) is -0.636. The van der Waals surface area contributed by atoms with Crippen LogP contribution in [0.3, 0.4) is 0 Å². The molecule has 0 aliphatic rings. The van der Waals surface area contributed by atoms with E-state index in [2.05, 4.69) is 5.32 Å². The minimum Gasteiger partial charge on any atom is -0.396 e. The number of rotatable bonds is 4. The van der Waals surface area contributed by atoms with E-state index in [-0.39, 0.29) is 18.3 Å². The second kappa shape index (κ2) is 6.81. The highest BCUT2D eigenvalue weighted by atomic mass is 127. The zero-order chi connectivity index (χ0) is 14.5. The average Bonchev–Trinajstić information content (AvgIpc) is 2.41. The van der Waals surface area contributed by atoms with Crippen molar-refractivity contribution >= 4 is 34.2 Å². The Bertz CT molecular complexity index is 614. The molecule has 0 aliphatic heterocycles. The monoisotopic (exact) mass is 385 g/mol. The third-order valence-electron chi connectivity index (χ3n) is 2.79. The molecule has 0 aromatic heterocycles. The van der Waals surface area contributed by atoms with Crippen LogP contribution in [0, 0.1) is 9.39 Å². The molecule has 2 aromatic rings. The predicted molar refractivity (Wildman–Crippen MR) is 84.3 cm³/mol. The van der Waals surface area contributed by atoms with Crippen molar-refractivity contribution in [2.45, 2.75) is 6.42 Å². The molecule has 0 heterocycles. The minimum atomic E-state index is -0.362. The van der Waals surface area contributed by atoms with Gasteiger partial charge in [-0.05, 0) is 64.9 Å². The van der Waals surface area contributed by atoms with Crippen molar-refractivity contribution in [2.75, 3.05) is 11.9 Å². The van der Waals surface area contributed by atoms with Crippen molar-refractivity contribution in [3.05, 3.63) is 63.0 Å². The number of aliphatic hydroxyl groups is 1. The zero-order valence-corrected chi connectivity index (χ0v) is 12.7. The number of carbonyl (C=O) groups excluding carboxylic acids is 1. The fraction of sp³-hybridized carbons (Fsp3) is 0.133. The number of amides is 1. The first-order valence-corrected chi connectivity index (χ1v) is 7.14. The lowest BCUT2D eigenvalue weighted by atomic mass is 10.1. The number of hydrogen-bond donors (Lipinski definition) is 2. The van der Waals surface area contributed by atoms with E-state index in [1.807, 2.05) is 34.7 Å². The van der Waals surface area contributed by atoms with E-state index in [0.29, 0.717) is 21.2 Å². The van der Waals surface area contributed by atoms with Gasteiger partial charge < -0.3 is 10.4 Å². The predicted octanol–water partition coefficient (Wildman–Crippen LogP) is 3.22. The topological polar surface area (TPSA) is 49.3 Å². The van der Waals surface area contributed by atoms with Crippen molar-refractivity contribution in [2.24, 2.45) is 0 Å². The smallest absolute Gasteiger partial charge is 0.256 e. The van der Waals surface area contributed by atoms with Crippen LogP contribution in [0.4, 0.5) is 10.1 Å². The number of halogens is 2. The molecule has 2 aromatic carbocycles. The molecule has 5 heteroatoms. The molecular formula is C15H13FINO2. The minimum absolute atomic E-state index is 0.0967. The van der Waals surface area contributed by atoms with Crippen LogP contribution in [0.2, 0.25) is 0 Å². The van der Waals surface area contributed by atoms with E-state index in [1.54, 1.807) is 12.1 Å². The van der Waals surface area contributed by atoms with Crippen molar-refractivity contribution in [1.29, 1.82) is 0 Å². The molecule has 0 fully saturated rings. The molecule has 0 atom stereocenters. The maximum atomic E-state index is 13.0. The number of anilines is 1. The lowest BCUT2D eigenvalue weighted by Crippen LogP contribution is -2.13. The van der Waals surface area contributed by atoms with Crippen LogP contribution in [-0.2, 0) is 6.42 Å². The fourth-order valence-electron chi connectivity index (χ4n) is 1.76. The normalized spacial score (nSPS) is 10.3. The average molecular weight is 385 g/mol. The largest absolute Gasteiger partial charge is 0.396 e. The number of carbonyl (C=O) groups is 1. The second-order valence-corrected chi connectivity index (χ2v) is 5.41. The van der Waals surface area contributed by atoms with Gasteiger partial charge in [0.1, 0.15) is 5.82 Å². The summed E-state index contributed by atoms with van der Waals surface area (Å²) >= 11 is 1.93. The van der Waals surface area contributed by atoms with E-state index >= 15 is 0 Å². The van der Waals surface area contributed by atoms with Gasteiger partial charge in [-0.2, -0.15) is 0 Å². The van der Waals surface area contributed by atoms with E-state index in [9.17, 15) is 9.18 Å². The van der Waals surface area contributed by atoms with Crippen LogP contribution in [0.15, 0.2) is 42.5 Å². The van der Waals surface area contributed by atoms with Gasteiger partial charge in [0.15, 0.2) is 0 Å². The van der Waals surface area contributed by atoms with E-state index < -0.39 is 0 Å². The Kier molecular flexibility index (Phi) is 5.08. The van der Waals surface area contributed by atoms with Crippen LogP contribution < -0.4 is 5.32 Å². The van der Waals surface area contributed by atoms with Gasteiger partial charge in [0.2, 0.25) is 0 Å². The van der Waals surface area contributed by atoms with Crippen molar-refractivity contribution in [3.8, 4) is 0 Å². The van der Waals surface area contributed by atoms with Crippen molar-refractivity contribution in [1.82, 2.24) is 0 Å². The highest BCUT2D eigenvalue weighted by Gasteiger charge is 2.10. The molecule has 0 bridgehead atoms. The summed E-state index contributed by atoms with van der Waals surface area (Å²) in [6.07, 6.45) is 0.587. The Hall–Kier alpha value is -1.47. The third-order valence-corrected chi connectivity index (χ3v) is 3.68. The summed E-state index contributed by atoms with van der Waals surface area (Å²) in [4.78, 5) is 12.1. The number of hydrogen-bond acceptors (Lipinski definition) is 2. The molecular weight excluding hydrogens is 372 g/mol. The number of benzene rings is 2. The first kappa shape index (κ1) is 14.9. The molecule has 1 amide bonds. The van der Waals surface area contributed by atoms with Crippen molar-refractivity contribution in [3.63, 3.8) is 0 Å². The SMILES string of the molecule is O=C(Nc1ccc(CCO)cc1)c1ccc(F)cc1I. The quantitative estimate of drug-likeness (QED) is 0.795. The summed E-state index contributed by atoms with van der Waals surface area (Å²) in [6, 6.07) is 11.3. The van der Waals surface area contributed by atoms with E-state index in [0.717, 1.165) is 5.56 Å². The third kappa shape index (κ3) is 3.77. The molecule has 104 valence electrons. The maximum Gasteiger partial charge on any atom is 0.256 e. The molecule has 2 N–H and O–H groups in total. The Balaban J connectivity index is 2.11. The van der Waals surface area contributed by atoms with Crippen LogP contribution in [0.5, 0.6) is 0 Å². The van der Waals surface area contributed by atoms with Gasteiger partial charge in [-0.25, -0.2) is 4.39 Å². The first-order chi connectivity index (χ1) is 9.60. The summed E-state index contributed by atoms with van der Waals surface area (Å²) in [7, 11) is 0. The van der Waals surface area contributed by atoms with Gasteiger partial charge in [0.25, 0.3) is 5.91 Å². The van der Waals surface area contributed by atoms with Gasteiger partial charge in [0, 0.05) is 15.9 Å². The number of aliphatic hydroxyl groups excluding tert-OH is 1. The molecule has 0 saturated carbocycles. The van der Waals surface area contributed by atoms with E-state index in [1.165, 1.54) is 18.2 Å². The van der Waals surface area contributed by atoms with Gasteiger partial charge in [-0.3, -0.25) is 4.79 Å². The molecule has 3 nitrogen and oxygen atoms in total. The lowest BCUT2D eigenvalue weighted by Gasteiger charge is -2.08. The van der Waals surface area contributed by atoms with Gasteiger partial charge in [-0.15, -0.1) is 0 Å². The molecule has 0 unspecified atom stereocenters. The van der Waals surface area contributed by atoms with Gasteiger partial charge in [0.05, 0.1) is 5.56 Å². The fourth-order valence-corrected chi connectivity index (χ4v) is 2.48. The molecule has 2 rings (SSSR count). The summed E-state index contributed by atoms with van der Waals surface area (Å²) in [5, 5.41) is 11.6. The highest BCUT2D eigenvalue weighted by molar-refractivity contribution is 14.1. The Morgan fingerprint density at radius 2 is 1.90 bits per heavy atom. The second-order valence-electron chi connectivity index (χ2n) is 4.25. The van der Waals surface area contributed by atoms with Crippen LogP contribution in [-0.4, -0.2) is 17.6 Å². The van der Waals surface area contributed by atoms with Gasteiger partial charge in [-0.1, -0.05) is 12.1 Å². The lowest BCUT2D eigenvalue weighted by molar-refractivity contribution is 0.102.